The van der Waals surface area contributed by atoms with Crippen LogP contribution in [0.3, 0.4) is 0 Å². The predicted molar refractivity (Wildman–Crippen MR) is 87.5 cm³/mol. The Hall–Kier alpha value is -2.82. The molecule has 1 atom stereocenters. The summed E-state index contributed by atoms with van der Waals surface area (Å²) >= 11 is 0. The fourth-order valence-electron chi connectivity index (χ4n) is 2.78. The molecule has 1 N–H and O–H groups in total. The Bertz CT molecular complexity index is 756. The van der Waals surface area contributed by atoms with Gasteiger partial charge in [0.15, 0.2) is 11.5 Å². The third-order valence-corrected chi connectivity index (χ3v) is 3.93. The highest BCUT2D eigenvalue weighted by Crippen LogP contribution is 2.36. The van der Waals surface area contributed by atoms with Gasteiger partial charge in [0, 0.05) is 13.3 Å². The van der Waals surface area contributed by atoms with Gasteiger partial charge in [0.25, 0.3) is 0 Å². The number of carbonyl (C=O) groups excluding carboxylic acids is 1. The summed E-state index contributed by atoms with van der Waals surface area (Å²) in [4.78, 5) is 11.9. The first-order valence-corrected chi connectivity index (χ1v) is 7.39. The summed E-state index contributed by atoms with van der Waals surface area (Å²) in [5, 5.41) is 15.9. The van der Waals surface area contributed by atoms with Crippen LogP contribution in [0.4, 0.5) is 0 Å². The van der Waals surface area contributed by atoms with E-state index in [-0.39, 0.29) is 17.7 Å². The van der Waals surface area contributed by atoms with Crippen LogP contribution in [0.15, 0.2) is 53.6 Å². The van der Waals surface area contributed by atoms with Crippen molar-refractivity contribution in [3.63, 3.8) is 0 Å². The average Bonchev–Trinajstić information content (AvgIpc) is 3.01. The van der Waals surface area contributed by atoms with Crippen molar-refractivity contribution in [3.8, 4) is 11.5 Å². The maximum Gasteiger partial charge on any atom is 0.240 e. The number of methoxy groups -OCH3 is 1. The molecule has 0 fully saturated rings. The van der Waals surface area contributed by atoms with Crippen molar-refractivity contribution in [3.05, 3.63) is 59.7 Å². The second-order valence-corrected chi connectivity index (χ2v) is 5.43. The van der Waals surface area contributed by atoms with E-state index in [0.717, 1.165) is 16.8 Å². The number of phenols is 1. The zero-order valence-electron chi connectivity index (χ0n) is 13.1. The van der Waals surface area contributed by atoms with Crippen LogP contribution in [-0.4, -0.2) is 28.8 Å². The summed E-state index contributed by atoms with van der Waals surface area (Å²) in [6, 6.07) is 14.7. The topological polar surface area (TPSA) is 62.1 Å². The van der Waals surface area contributed by atoms with Gasteiger partial charge in [-0.15, -0.1) is 0 Å². The lowest BCUT2D eigenvalue weighted by atomic mass is 9.98. The molecule has 0 spiro atoms. The fourth-order valence-corrected chi connectivity index (χ4v) is 2.78. The van der Waals surface area contributed by atoms with E-state index in [1.54, 1.807) is 12.1 Å². The molecule has 23 heavy (non-hydrogen) atoms. The molecule has 5 nitrogen and oxygen atoms in total. The van der Waals surface area contributed by atoms with Crippen molar-refractivity contribution >= 4 is 11.6 Å². The van der Waals surface area contributed by atoms with Crippen LogP contribution >= 0.6 is 0 Å². The average molecular weight is 310 g/mol. The Morgan fingerprint density at radius 1 is 1.26 bits per heavy atom. The van der Waals surface area contributed by atoms with Crippen LogP contribution in [0.25, 0.3) is 0 Å². The molecule has 0 aliphatic carbocycles. The molecule has 118 valence electrons. The molecular weight excluding hydrogens is 292 g/mol. The summed E-state index contributed by atoms with van der Waals surface area (Å²) in [7, 11) is 1.50. The largest absolute Gasteiger partial charge is 0.504 e. The Kier molecular flexibility index (Phi) is 4.02. The van der Waals surface area contributed by atoms with E-state index in [4.69, 9.17) is 4.74 Å². The van der Waals surface area contributed by atoms with Gasteiger partial charge in [0.1, 0.15) is 0 Å². The molecule has 2 aromatic rings. The quantitative estimate of drug-likeness (QED) is 0.947. The maximum absolute atomic E-state index is 11.9. The van der Waals surface area contributed by atoms with Gasteiger partial charge in [-0.2, -0.15) is 5.10 Å². The molecule has 0 saturated heterocycles. The van der Waals surface area contributed by atoms with Gasteiger partial charge in [-0.3, -0.25) is 4.79 Å². The van der Waals surface area contributed by atoms with Crippen molar-refractivity contribution in [2.75, 3.05) is 7.11 Å². The second kappa shape index (κ2) is 6.12. The predicted octanol–water partition coefficient (Wildman–Crippen LogP) is 3.10. The summed E-state index contributed by atoms with van der Waals surface area (Å²) in [6.45, 7) is 1.49. The third kappa shape index (κ3) is 2.90. The van der Waals surface area contributed by atoms with E-state index in [0.29, 0.717) is 12.2 Å². The lowest BCUT2D eigenvalue weighted by Crippen LogP contribution is -2.24. The zero-order valence-corrected chi connectivity index (χ0v) is 13.1. The minimum absolute atomic E-state index is 0.0571. The number of ether oxygens (including phenoxy) is 1. The second-order valence-electron chi connectivity index (χ2n) is 5.43. The van der Waals surface area contributed by atoms with Crippen LogP contribution in [0.5, 0.6) is 11.5 Å². The summed E-state index contributed by atoms with van der Waals surface area (Å²) < 4.78 is 5.07. The first kappa shape index (κ1) is 15.1. The number of hydrazone groups is 1. The maximum atomic E-state index is 11.9. The van der Waals surface area contributed by atoms with Crippen LogP contribution in [0.1, 0.15) is 30.5 Å². The molecular formula is C18H18N2O3. The smallest absolute Gasteiger partial charge is 0.240 e. The number of benzene rings is 2. The summed E-state index contributed by atoms with van der Waals surface area (Å²) in [5.74, 6) is 0.336. The van der Waals surface area contributed by atoms with E-state index in [9.17, 15) is 9.90 Å². The molecule has 0 aromatic heterocycles. The minimum Gasteiger partial charge on any atom is -0.504 e. The number of nitrogens with zero attached hydrogens (tertiary/aromatic N) is 2. The van der Waals surface area contributed by atoms with Crippen LogP contribution < -0.4 is 4.74 Å². The Morgan fingerprint density at radius 3 is 2.61 bits per heavy atom. The Balaban J connectivity index is 1.94. The molecule has 0 bridgehead atoms. The number of hydrogen-bond donors (Lipinski definition) is 1. The van der Waals surface area contributed by atoms with Crippen molar-refractivity contribution in [2.45, 2.75) is 19.4 Å². The monoisotopic (exact) mass is 310 g/mol. The van der Waals surface area contributed by atoms with Gasteiger partial charge in [0.2, 0.25) is 5.91 Å². The molecule has 1 amide bonds. The van der Waals surface area contributed by atoms with Gasteiger partial charge in [-0.1, -0.05) is 36.4 Å². The standard InChI is InChI=1S/C18H18N2O3/c1-12(21)20-16(14-8-9-18(23-2)17(22)10-14)11-15(19-20)13-6-4-3-5-7-13/h3-10,16,22H,11H2,1-2H3/t16-/m0/s1. The molecule has 3 rings (SSSR count). The van der Waals surface area contributed by atoms with Crippen molar-refractivity contribution in [1.29, 1.82) is 0 Å². The van der Waals surface area contributed by atoms with Crippen LogP contribution in [0, 0.1) is 0 Å². The molecule has 0 radical (unpaired) electrons. The number of hydrogen-bond acceptors (Lipinski definition) is 4. The number of rotatable bonds is 3. The van der Waals surface area contributed by atoms with Crippen LogP contribution in [0.2, 0.25) is 0 Å². The van der Waals surface area contributed by atoms with E-state index >= 15 is 0 Å². The molecule has 0 saturated carbocycles. The zero-order chi connectivity index (χ0) is 16.4. The molecule has 1 aliphatic heterocycles. The number of phenolic OH excluding ortho intramolecular Hbond substituents is 1. The Morgan fingerprint density at radius 2 is 2.00 bits per heavy atom. The van der Waals surface area contributed by atoms with E-state index < -0.39 is 0 Å². The highest BCUT2D eigenvalue weighted by Gasteiger charge is 2.31. The lowest BCUT2D eigenvalue weighted by molar-refractivity contribution is -0.130. The van der Waals surface area contributed by atoms with Crippen molar-refractivity contribution in [2.24, 2.45) is 5.10 Å². The number of aromatic hydroxyl groups is 1. The van der Waals surface area contributed by atoms with Gasteiger partial charge in [-0.25, -0.2) is 5.01 Å². The number of amides is 1. The normalized spacial score (nSPS) is 17.0. The third-order valence-electron chi connectivity index (χ3n) is 3.93. The molecule has 1 heterocycles. The molecule has 1 aliphatic rings. The fraction of sp³-hybridized carbons (Fsp3) is 0.222. The first-order valence-electron chi connectivity index (χ1n) is 7.39. The van der Waals surface area contributed by atoms with E-state index in [1.165, 1.54) is 19.0 Å². The molecule has 2 aromatic carbocycles. The number of carbonyl (C=O) groups is 1. The Labute approximate surface area is 134 Å². The van der Waals surface area contributed by atoms with Gasteiger partial charge >= 0.3 is 0 Å². The van der Waals surface area contributed by atoms with Crippen LogP contribution in [-0.2, 0) is 4.79 Å². The molecule has 5 heteroatoms. The van der Waals surface area contributed by atoms with E-state index in [1.807, 2.05) is 36.4 Å². The lowest BCUT2D eigenvalue weighted by Gasteiger charge is -2.21. The minimum atomic E-state index is -0.223. The van der Waals surface area contributed by atoms with Gasteiger partial charge < -0.3 is 9.84 Å². The van der Waals surface area contributed by atoms with Gasteiger partial charge in [-0.05, 0) is 23.3 Å². The van der Waals surface area contributed by atoms with E-state index in [2.05, 4.69) is 5.10 Å². The molecule has 0 unspecified atom stereocenters. The first-order chi connectivity index (χ1) is 11.1. The van der Waals surface area contributed by atoms with Crippen molar-refractivity contribution in [1.82, 2.24) is 5.01 Å². The SMILES string of the molecule is COc1ccc([C@@H]2CC(c3ccccc3)=NN2C(C)=O)cc1O. The summed E-state index contributed by atoms with van der Waals surface area (Å²) in [5.41, 5.74) is 2.69. The summed E-state index contributed by atoms with van der Waals surface area (Å²) in [6.07, 6.45) is 0.607. The van der Waals surface area contributed by atoms with Crippen molar-refractivity contribution < 1.29 is 14.6 Å². The highest BCUT2D eigenvalue weighted by atomic mass is 16.5. The highest BCUT2D eigenvalue weighted by molar-refractivity contribution is 6.03. The van der Waals surface area contributed by atoms with Gasteiger partial charge in [0.05, 0.1) is 18.9 Å².